The lowest BCUT2D eigenvalue weighted by Gasteiger charge is -2.07. The molecular weight excluding hydrogens is 288 g/mol. The topological polar surface area (TPSA) is 50.4 Å². The van der Waals surface area contributed by atoms with Crippen molar-refractivity contribution in [2.75, 3.05) is 26.7 Å². The highest BCUT2D eigenvalue weighted by Crippen LogP contribution is 2.13. The van der Waals surface area contributed by atoms with Crippen molar-refractivity contribution in [3.05, 3.63) is 29.8 Å². The Morgan fingerprint density at radius 2 is 1.90 bits per heavy atom. The van der Waals surface area contributed by atoms with Crippen LogP contribution in [0, 0.1) is 0 Å². The van der Waals surface area contributed by atoms with E-state index < -0.39 is 0 Å². The molecule has 0 aromatic heterocycles. The highest BCUT2D eigenvalue weighted by molar-refractivity contribution is 5.85. The molecule has 0 saturated carbocycles. The van der Waals surface area contributed by atoms with Crippen LogP contribution in [0.3, 0.4) is 0 Å². The van der Waals surface area contributed by atoms with Gasteiger partial charge in [-0.1, -0.05) is 19.1 Å². The predicted octanol–water partition coefficient (Wildman–Crippen LogP) is 2.56. The maximum absolute atomic E-state index is 11.6. The second-order valence-corrected chi connectivity index (χ2v) is 4.80. The van der Waals surface area contributed by atoms with Gasteiger partial charge in [-0.3, -0.25) is 4.79 Å². The van der Waals surface area contributed by atoms with Crippen LogP contribution in [0.5, 0.6) is 5.75 Å². The van der Waals surface area contributed by atoms with Gasteiger partial charge < -0.3 is 15.4 Å². The first-order valence-corrected chi connectivity index (χ1v) is 7.39. The summed E-state index contributed by atoms with van der Waals surface area (Å²) >= 11 is 0. The molecule has 0 saturated heterocycles. The van der Waals surface area contributed by atoms with Crippen molar-refractivity contribution in [1.29, 1.82) is 0 Å². The summed E-state index contributed by atoms with van der Waals surface area (Å²) in [5, 5.41) is 5.98. The number of aryl methyl sites for hydroxylation is 1. The average Bonchev–Trinajstić information content (AvgIpc) is 2.48. The first-order valence-electron chi connectivity index (χ1n) is 7.39. The molecule has 0 aliphatic heterocycles. The van der Waals surface area contributed by atoms with Crippen LogP contribution in [-0.4, -0.2) is 32.7 Å². The lowest BCUT2D eigenvalue weighted by Crippen LogP contribution is -2.26. The Bertz CT molecular complexity index is 382. The molecule has 120 valence electrons. The normalized spacial score (nSPS) is 9.81. The molecule has 5 heteroatoms. The smallest absolute Gasteiger partial charge is 0.220 e. The Morgan fingerprint density at radius 3 is 2.52 bits per heavy atom. The molecule has 0 aliphatic carbocycles. The van der Waals surface area contributed by atoms with Gasteiger partial charge in [-0.25, -0.2) is 0 Å². The van der Waals surface area contributed by atoms with E-state index >= 15 is 0 Å². The fraction of sp³-hybridized carbons (Fsp3) is 0.562. The van der Waals surface area contributed by atoms with Gasteiger partial charge in [-0.05, 0) is 50.6 Å². The number of carbonyl (C=O) groups excluding carboxylic acids is 1. The van der Waals surface area contributed by atoms with Gasteiger partial charge >= 0.3 is 0 Å². The maximum Gasteiger partial charge on any atom is 0.220 e. The van der Waals surface area contributed by atoms with Gasteiger partial charge in [-0.15, -0.1) is 12.4 Å². The minimum atomic E-state index is 0. The average molecular weight is 315 g/mol. The van der Waals surface area contributed by atoms with Crippen LogP contribution in [0.1, 0.15) is 31.7 Å². The molecule has 0 fully saturated rings. The molecule has 1 amide bonds. The SMILES string of the molecule is CCCOc1ccc(CCC(=O)NCCCNC)cc1.Cl. The quantitative estimate of drug-likeness (QED) is 0.653. The number of benzene rings is 1. The van der Waals surface area contributed by atoms with E-state index in [-0.39, 0.29) is 18.3 Å². The second-order valence-electron chi connectivity index (χ2n) is 4.80. The van der Waals surface area contributed by atoms with E-state index in [1.165, 1.54) is 5.56 Å². The lowest BCUT2D eigenvalue weighted by atomic mass is 10.1. The second kappa shape index (κ2) is 12.5. The Balaban J connectivity index is 0.00000400. The third-order valence-corrected chi connectivity index (χ3v) is 2.96. The first kappa shape index (κ1) is 19.7. The van der Waals surface area contributed by atoms with Crippen LogP contribution >= 0.6 is 12.4 Å². The van der Waals surface area contributed by atoms with Gasteiger partial charge in [0.05, 0.1) is 6.61 Å². The molecule has 1 rings (SSSR count). The van der Waals surface area contributed by atoms with E-state index in [9.17, 15) is 4.79 Å². The molecule has 2 N–H and O–H groups in total. The third kappa shape index (κ3) is 9.32. The van der Waals surface area contributed by atoms with Gasteiger partial charge in [0.15, 0.2) is 0 Å². The zero-order valence-electron chi connectivity index (χ0n) is 13.0. The van der Waals surface area contributed by atoms with Crippen LogP contribution < -0.4 is 15.4 Å². The van der Waals surface area contributed by atoms with Gasteiger partial charge in [0.25, 0.3) is 0 Å². The summed E-state index contributed by atoms with van der Waals surface area (Å²) in [6, 6.07) is 7.99. The highest BCUT2D eigenvalue weighted by atomic mass is 35.5. The van der Waals surface area contributed by atoms with E-state index in [2.05, 4.69) is 17.6 Å². The lowest BCUT2D eigenvalue weighted by molar-refractivity contribution is -0.121. The Labute approximate surface area is 134 Å². The summed E-state index contributed by atoms with van der Waals surface area (Å²) in [5.41, 5.74) is 1.17. The van der Waals surface area contributed by atoms with Crippen LogP contribution in [0.4, 0.5) is 0 Å². The van der Waals surface area contributed by atoms with E-state index in [0.717, 1.165) is 44.7 Å². The number of halogens is 1. The number of hydrogen-bond donors (Lipinski definition) is 2. The van der Waals surface area contributed by atoms with Gasteiger partial charge in [0.1, 0.15) is 5.75 Å². The van der Waals surface area contributed by atoms with Crippen LogP contribution in [-0.2, 0) is 11.2 Å². The van der Waals surface area contributed by atoms with Crippen molar-refractivity contribution in [1.82, 2.24) is 10.6 Å². The minimum Gasteiger partial charge on any atom is -0.494 e. The van der Waals surface area contributed by atoms with Gasteiger partial charge in [0.2, 0.25) is 5.91 Å². The number of carbonyl (C=O) groups is 1. The standard InChI is InChI=1S/C16H26N2O2.ClH/c1-3-13-20-15-8-5-14(6-9-15)7-10-16(19)18-12-4-11-17-2;/h5-6,8-9,17H,3-4,7,10-13H2,1-2H3,(H,18,19);1H. The van der Waals surface area contributed by atoms with Crippen LogP contribution in [0.25, 0.3) is 0 Å². The number of rotatable bonds is 10. The van der Waals surface area contributed by atoms with Gasteiger partial charge in [0, 0.05) is 13.0 Å². The molecule has 4 nitrogen and oxygen atoms in total. The molecule has 0 heterocycles. The predicted molar refractivity (Wildman–Crippen MR) is 89.4 cm³/mol. The Kier molecular flexibility index (Phi) is 11.7. The molecule has 1 aromatic rings. The largest absolute Gasteiger partial charge is 0.494 e. The van der Waals surface area contributed by atoms with E-state index in [1.54, 1.807) is 0 Å². The molecular formula is C16H27ClN2O2. The molecule has 1 aromatic carbocycles. The number of ether oxygens (including phenoxy) is 1. The Morgan fingerprint density at radius 1 is 1.19 bits per heavy atom. The van der Waals surface area contributed by atoms with Crippen molar-refractivity contribution in [3.63, 3.8) is 0 Å². The first-order chi connectivity index (χ1) is 9.76. The molecule has 0 radical (unpaired) electrons. The summed E-state index contributed by atoms with van der Waals surface area (Å²) in [6.07, 6.45) is 3.28. The zero-order valence-corrected chi connectivity index (χ0v) is 13.8. The van der Waals surface area contributed by atoms with Crippen molar-refractivity contribution in [2.45, 2.75) is 32.6 Å². The molecule has 0 bridgehead atoms. The van der Waals surface area contributed by atoms with Crippen LogP contribution in [0.15, 0.2) is 24.3 Å². The fourth-order valence-electron chi connectivity index (χ4n) is 1.81. The number of nitrogens with one attached hydrogen (secondary N) is 2. The summed E-state index contributed by atoms with van der Waals surface area (Å²) in [6.45, 7) is 4.50. The third-order valence-electron chi connectivity index (χ3n) is 2.96. The maximum atomic E-state index is 11.6. The van der Waals surface area contributed by atoms with Crippen molar-refractivity contribution in [3.8, 4) is 5.75 Å². The molecule has 0 atom stereocenters. The van der Waals surface area contributed by atoms with Crippen LogP contribution in [0.2, 0.25) is 0 Å². The molecule has 0 aliphatic rings. The van der Waals surface area contributed by atoms with Crippen molar-refractivity contribution >= 4 is 18.3 Å². The fourth-order valence-corrected chi connectivity index (χ4v) is 1.81. The summed E-state index contributed by atoms with van der Waals surface area (Å²) in [4.78, 5) is 11.6. The monoisotopic (exact) mass is 314 g/mol. The zero-order chi connectivity index (χ0) is 14.6. The Hall–Kier alpha value is -1.26. The minimum absolute atomic E-state index is 0. The van der Waals surface area contributed by atoms with E-state index in [4.69, 9.17) is 4.74 Å². The molecule has 0 spiro atoms. The van der Waals surface area contributed by atoms with E-state index in [1.807, 2.05) is 31.3 Å². The van der Waals surface area contributed by atoms with E-state index in [0.29, 0.717) is 6.42 Å². The van der Waals surface area contributed by atoms with Crippen molar-refractivity contribution < 1.29 is 9.53 Å². The summed E-state index contributed by atoms with van der Waals surface area (Å²) in [7, 11) is 1.91. The molecule has 21 heavy (non-hydrogen) atoms. The highest BCUT2D eigenvalue weighted by Gasteiger charge is 2.02. The van der Waals surface area contributed by atoms with Gasteiger partial charge in [-0.2, -0.15) is 0 Å². The summed E-state index contributed by atoms with van der Waals surface area (Å²) in [5.74, 6) is 1.01. The number of amides is 1. The van der Waals surface area contributed by atoms with Crippen molar-refractivity contribution in [2.24, 2.45) is 0 Å². The number of hydrogen-bond acceptors (Lipinski definition) is 3. The summed E-state index contributed by atoms with van der Waals surface area (Å²) < 4.78 is 5.53. The molecule has 0 unspecified atom stereocenters.